The quantitative estimate of drug-likeness (QED) is 0.0756. The van der Waals surface area contributed by atoms with Crippen molar-refractivity contribution in [2.45, 2.75) is 136 Å². The summed E-state index contributed by atoms with van der Waals surface area (Å²) >= 11 is 1.47. The van der Waals surface area contributed by atoms with E-state index in [1.807, 2.05) is 82.2 Å². The van der Waals surface area contributed by atoms with Crippen molar-refractivity contribution >= 4 is 52.0 Å². The summed E-state index contributed by atoms with van der Waals surface area (Å²) in [6.45, 7) is 16.3. The number of aliphatic imine (C=N–C) groups is 1. The minimum Gasteiger partial charge on any atom is -0.458 e. The molecule has 2 aromatic heterocycles. The second kappa shape index (κ2) is 20.0. The first-order valence-corrected chi connectivity index (χ1v) is 23.8. The van der Waals surface area contributed by atoms with Crippen molar-refractivity contribution in [2.24, 2.45) is 39.2 Å². The van der Waals surface area contributed by atoms with Crippen molar-refractivity contribution in [2.75, 3.05) is 27.2 Å². The van der Waals surface area contributed by atoms with Crippen LogP contribution in [0.4, 0.5) is 4.79 Å². The van der Waals surface area contributed by atoms with Gasteiger partial charge in [0.25, 0.3) is 0 Å². The topological polar surface area (TPSA) is 162 Å². The van der Waals surface area contributed by atoms with Crippen molar-refractivity contribution in [3.63, 3.8) is 0 Å². The summed E-state index contributed by atoms with van der Waals surface area (Å²) in [5, 5.41) is 17.0. The second-order valence-electron chi connectivity index (χ2n) is 19.1. The van der Waals surface area contributed by atoms with E-state index in [0.717, 1.165) is 31.9 Å². The van der Waals surface area contributed by atoms with Gasteiger partial charge in [0.1, 0.15) is 24.7 Å². The van der Waals surface area contributed by atoms with Gasteiger partial charge in [0, 0.05) is 64.0 Å². The number of para-hydroxylation sites is 1. The molecule has 3 aromatic rings. The third-order valence-electron chi connectivity index (χ3n) is 14.0. The molecule has 1 aromatic carbocycles. The number of nitrogens with zero attached hydrogens (tertiary/aromatic N) is 5. The van der Waals surface area contributed by atoms with Gasteiger partial charge in [-0.25, -0.2) is 4.79 Å². The number of thiophene rings is 1. The molecular weight excluding hydrogens is 847 g/mol. The number of carbonyl (C=O) groups excluding carboxylic acids is 3. The molecule has 0 radical (unpaired) electrons. The number of aliphatic hydroxyl groups is 1. The van der Waals surface area contributed by atoms with E-state index in [4.69, 9.17) is 28.8 Å². The number of Topliss-reactive ketones (excluding diaryl/α,β-unsaturated/α-hetero) is 1. The predicted molar refractivity (Wildman–Crippen MR) is 249 cm³/mol. The molecule has 65 heavy (non-hydrogen) atoms. The maximum absolute atomic E-state index is 14.7. The molecule has 15 heteroatoms. The predicted octanol–water partition coefficient (Wildman–Crippen LogP) is 7.28. The molecule has 1 unspecified atom stereocenters. The minimum atomic E-state index is -1.19. The average Bonchev–Trinajstić information content (AvgIpc) is 3.77. The Morgan fingerprint density at radius 2 is 1.85 bits per heavy atom. The number of cyclic esters (lactones) is 1. The second-order valence-corrected chi connectivity index (χ2v) is 20.3. The van der Waals surface area contributed by atoms with Gasteiger partial charge in [-0.3, -0.25) is 24.5 Å². The number of hydrogen-bond donors (Lipinski definition) is 1. The highest BCUT2D eigenvalue weighted by atomic mass is 32.1. The number of amides is 1. The zero-order chi connectivity index (χ0) is 46.8. The van der Waals surface area contributed by atoms with E-state index in [2.05, 4.69) is 42.8 Å². The Hall–Kier alpha value is -4.72. The highest BCUT2D eigenvalue weighted by Crippen LogP contribution is 2.46. The Kier molecular flexibility index (Phi) is 14.9. The van der Waals surface area contributed by atoms with Crippen molar-refractivity contribution < 1.29 is 43.3 Å². The number of carbonyl (C=O) groups is 3. The largest absolute Gasteiger partial charge is 0.458 e. The zero-order valence-corrected chi connectivity index (χ0v) is 40.2. The van der Waals surface area contributed by atoms with E-state index in [0.29, 0.717) is 32.4 Å². The van der Waals surface area contributed by atoms with Crippen molar-refractivity contribution in [3.8, 4) is 11.8 Å². The Balaban J connectivity index is 1.21. The monoisotopic (exact) mass is 911 g/mol. The van der Waals surface area contributed by atoms with E-state index >= 15 is 0 Å². The number of esters is 1. The lowest BCUT2D eigenvalue weighted by atomic mass is 9.66. The standard InChI is InChI=1S/C50H65N5O9S/c1-11-40-50(8)44-31(4)41(51-21-22-55(44)48(59)64-50)29(2)25-49(7,45(32(5)42(56)33(6)46(58)62-40)63-47-43(57)39(54(9)10)23-30(3)61-47)20-14-16-36-18-19-37(65-36)27-53-60-28-34-24-35-15-12-13-17-38(35)52-26-34/h12-13,15,17-19,24,26-27,29-33,39-40,43-45,47,57H,11,20-23,25,28H2,1-10H3/b53-27-/t29-,30-,31-,32+,33-,39+,40+,43-,44-,45-,47?,49+,50-/m1/s1. The van der Waals surface area contributed by atoms with Gasteiger partial charge in [0.2, 0.25) is 0 Å². The molecule has 0 aliphatic carbocycles. The SMILES string of the molecule is CC[C@@H]1OC(=O)[C@H](C)C(=O)[C@H](C)[C@@H](OC2O[C@H](C)C[C@H](N(C)C)[C@H]2O)[C@@](C)(CC#Cc2ccc(/C=N\OCc3cnc4ccccc4c3)s2)C[C@@H](C)C2=NCCN3C(=O)O[C@@]1(C)[C@H]3[C@@H]2C. The lowest BCUT2D eigenvalue weighted by Crippen LogP contribution is -2.58. The summed E-state index contributed by atoms with van der Waals surface area (Å²) in [6.07, 6.45) is 0.692. The molecule has 13 atom stereocenters. The lowest BCUT2D eigenvalue weighted by Gasteiger charge is -2.47. The molecular formula is C50H65N5O9S. The Morgan fingerprint density at radius 1 is 1.08 bits per heavy atom. The van der Waals surface area contributed by atoms with Crippen LogP contribution in [0.15, 0.2) is 58.8 Å². The number of pyridine rings is 1. The van der Waals surface area contributed by atoms with Crippen LogP contribution < -0.4 is 0 Å². The molecule has 6 heterocycles. The number of likely N-dealkylation sites (N-methyl/N-ethyl adjacent to an activating group) is 1. The molecule has 4 aliphatic heterocycles. The summed E-state index contributed by atoms with van der Waals surface area (Å²) < 4.78 is 25.7. The van der Waals surface area contributed by atoms with Gasteiger partial charge in [0.05, 0.1) is 41.4 Å². The molecule has 3 fully saturated rings. The van der Waals surface area contributed by atoms with Crippen LogP contribution >= 0.6 is 11.3 Å². The van der Waals surface area contributed by atoms with Crippen LogP contribution in [0.2, 0.25) is 0 Å². The molecule has 0 spiro atoms. The number of ether oxygens (including phenoxy) is 4. The van der Waals surface area contributed by atoms with Crippen LogP contribution in [0.1, 0.15) is 96.4 Å². The normalized spacial score (nSPS) is 34.6. The lowest BCUT2D eigenvalue weighted by molar-refractivity contribution is -0.286. The molecule has 7 rings (SSSR count). The molecule has 2 bridgehead atoms. The Bertz CT molecular complexity index is 2340. The highest BCUT2D eigenvalue weighted by molar-refractivity contribution is 7.14. The molecule has 14 nitrogen and oxygen atoms in total. The van der Waals surface area contributed by atoms with E-state index in [1.54, 1.807) is 31.2 Å². The van der Waals surface area contributed by atoms with Crippen LogP contribution in [0.3, 0.4) is 0 Å². The zero-order valence-electron chi connectivity index (χ0n) is 39.4. The minimum absolute atomic E-state index is 0.173. The summed E-state index contributed by atoms with van der Waals surface area (Å²) in [4.78, 5) is 63.0. The molecule has 3 saturated heterocycles. The van der Waals surface area contributed by atoms with E-state index < -0.39 is 65.6 Å². The van der Waals surface area contributed by atoms with Gasteiger partial charge in [-0.15, -0.1) is 11.3 Å². The fourth-order valence-corrected chi connectivity index (χ4v) is 11.4. The number of rotatable bonds is 9. The smallest absolute Gasteiger partial charge is 0.410 e. The number of aliphatic hydroxyl groups excluding tert-OH is 1. The fourth-order valence-electron chi connectivity index (χ4n) is 10.7. The highest BCUT2D eigenvalue weighted by Gasteiger charge is 2.60. The number of fused-ring (bicyclic) bond motifs is 2. The van der Waals surface area contributed by atoms with Gasteiger partial charge < -0.3 is 33.8 Å². The van der Waals surface area contributed by atoms with Gasteiger partial charge in [-0.05, 0) is 84.3 Å². The maximum Gasteiger partial charge on any atom is 0.410 e. The fraction of sp³-hybridized carbons (Fsp3) is 0.600. The summed E-state index contributed by atoms with van der Waals surface area (Å²) in [5.74, 6) is 3.26. The Morgan fingerprint density at radius 3 is 2.60 bits per heavy atom. The molecule has 350 valence electrons. The van der Waals surface area contributed by atoms with Gasteiger partial charge in [-0.1, -0.05) is 69.8 Å². The first-order chi connectivity index (χ1) is 30.9. The number of ketones is 1. The average molecular weight is 912 g/mol. The number of hydrogen-bond acceptors (Lipinski definition) is 14. The van der Waals surface area contributed by atoms with Crippen molar-refractivity contribution in [1.82, 2.24) is 14.8 Å². The number of oxime groups is 1. The third kappa shape index (κ3) is 10.2. The molecule has 1 amide bonds. The van der Waals surface area contributed by atoms with E-state index in [1.165, 1.54) is 11.3 Å². The maximum atomic E-state index is 14.7. The summed E-state index contributed by atoms with van der Waals surface area (Å²) in [5.41, 5.74) is 0.680. The molecule has 0 saturated carbocycles. The summed E-state index contributed by atoms with van der Waals surface area (Å²) in [7, 11) is 3.83. The van der Waals surface area contributed by atoms with Crippen LogP contribution in [-0.2, 0) is 40.0 Å². The number of benzene rings is 1. The molecule has 1 N–H and O–H groups in total. The van der Waals surface area contributed by atoms with Gasteiger partial charge in [0.15, 0.2) is 17.7 Å². The van der Waals surface area contributed by atoms with Crippen LogP contribution in [0.25, 0.3) is 10.9 Å². The van der Waals surface area contributed by atoms with Crippen molar-refractivity contribution in [1.29, 1.82) is 0 Å². The van der Waals surface area contributed by atoms with Crippen molar-refractivity contribution in [3.05, 3.63) is 64.0 Å². The number of aromatic nitrogens is 1. The third-order valence-corrected chi connectivity index (χ3v) is 14.9. The van der Waals surface area contributed by atoms with Crippen LogP contribution in [0.5, 0.6) is 0 Å². The molecule has 4 aliphatic rings. The van der Waals surface area contributed by atoms with Gasteiger partial charge >= 0.3 is 12.1 Å². The first kappa shape index (κ1) is 48.2. The Labute approximate surface area is 387 Å². The van der Waals surface area contributed by atoms with Gasteiger partial charge in [-0.2, -0.15) is 0 Å². The van der Waals surface area contributed by atoms with Crippen LogP contribution in [0, 0.1) is 40.9 Å². The van der Waals surface area contributed by atoms with E-state index in [-0.39, 0.29) is 42.8 Å². The first-order valence-electron chi connectivity index (χ1n) is 22.9. The van der Waals surface area contributed by atoms with E-state index in [9.17, 15) is 19.5 Å². The summed E-state index contributed by atoms with van der Waals surface area (Å²) in [6, 6.07) is 13.1. The van der Waals surface area contributed by atoms with Crippen LogP contribution in [-0.4, -0.2) is 125 Å².